The smallest absolute Gasteiger partial charge is 0.514 e. The van der Waals surface area contributed by atoms with Crippen LogP contribution in [0.25, 0.3) is 0 Å². The summed E-state index contributed by atoms with van der Waals surface area (Å²) in [5, 5.41) is 0. The van der Waals surface area contributed by atoms with Gasteiger partial charge in [0.05, 0.1) is 26.4 Å². The van der Waals surface area contributed by atoms with Crippen LogP contribution in [0.1, 0.15) is 79.1 Å². The van der Waals surface area contributed by atoms with Crippen molar-refractivity contribution in [2.45, 2.75) is 79.1 Å². The molecule has 0 saturated carbocycles. The molecule has 0 aromatic carbocycles. The summed E-state index contributed by atoms with van der Waals surface area (Å²) in [6.07, 6.45) is 8.65. The molecule has 0 N–H and O–H groups in total. The zero-order valence-electron chi connectivity index (χ0n) is 19.8. The van der Waals surface area contributed by atoms with Gasteiger partial charge in [-0.3, -0.25) is 0 Å². The van der Waals surface area contributed by atoms with Gasteiger partial charge in [0.15, 0.2) is 0 Å². The summed E-state index contributed by atoms with van der Waals surface area (Å²) in [7, 11) is 0. The van der Waals surface area contributed by atoms with Gasteiger partial charge in [0.1, 0.15) is 0 Å². The van der Waals surface area contributed by atoms with E-state index in [1.165, 1.54) is 0 Å². The van der Waals surface area contributed by atoms with Crippen LogP contribution < -0.4 is 0 Å². The van der Waals surface area contributed by atoms with Gasteiger partial charge < -0.3 is 118 Å². The Kier molecular flexibility index (Phi) is 53.9. The Morgan fingerprint density at radius 2 is 0.606 bits per heavy atom. The molecule has 0 heterocycles. The van der Waals surface area contributed by atoms with E-state index in [2.05, 4.69) is 127 Å². The number of ether oxygens (including phenoxy) is 4. The number of rotatable bonds is 12. The van der Waals surface area contributed by atoms with Crippen LogP contribution in [0.5, 0.6) is 0 Å². The maximum Gasteiger partial charge on any atom is 4.00 e. The maximum absolute atomic E-state index is 4.83. The summed E-state index contributed by atoms with van der Waals surface area (Å²) in [5.74, 6) is 0. The molecular weight excluding hydrogens is 657 g/mol. The molecular formula is C20H36MoO4S8. The third kappa shape index (κ3) is 71.9. The molecule has 0 saturated heterocycles. The molecule has 0 aliphatic rings. The van der Waals surface area contributed by atoms with Gasteiger partial charge in [-0.25, -0.2) is 0 Å². The Bertz CT molecular complexity index is 378. The molecule has 33 heavy (non-hydrogen) atoms. The third-order valence-corrected chi connectivity index (χ3v) is 3.81. The fraction of sp³-hybridized carbons (Fsp3) is 0.800. The third-order valence-electron chi connectivity index (χ3n) is 2.87. The molecule has 0 aliphatic carbocycles. The van der Waals surface area contributed by atoms with Crippen molar-refractivity contribution in [1.29, 1.82) is 0 Å². The molecule has 0 aromatic rings. The van der Waals surface area contributed by atoms with Gasteiger partial charge in [0.2, 0.25) is 0 Å². The molecule has 0 bridgehead atoms. The second-order valence-electron chi connectivity index (χ2n) is 5.81. The van der Waals surface area contributed by atoms with Crippen molar-refractivity contribution < 1.29 is 40.0 Å². The molecule has 4 nitrogen and oxygen atoms in total. The molecule has 0 aromatic heterocycles. The van der Waals surface area contributed by atoms with Crippen molar-refractivity contribution in [3.63, 3.8) is 0 Å². The van der Waals surface area contributed by atoms with Crippen molar-refractivity contribution in [2.75, 3.05) is 26.4 Å². The van der Waals surface area contributed by atoms with Gasteiger partial charge in [0, 0.05) is 17.5 Å². The van der Waals surface area contributed by atoms with E-state index in [1.54, 1.807) is 0 Å². The molecule has 0 rings (SSSR count). The topological polar surface area (TPSA) is 36.9 Å². The van der Waals surface area contributed by atoms with Gasteiger partial charge in [-0.2, -0.15) is 0 Å². The quantitative estimate of drug-likeness (QED) is 0.0966. The normalized spacial score (nSPS) is 8.36. The van der Waals surface area contributed by atoms with E-state index >= 15 is 0 Å². The van der Waals surface area contributed by atoms with Crippen molar-refractivity contribution in [3.8, 4) is 0 Å². The van der Waals surface area contributed by atoms with E-state index in [-0.39, 0.29) is 38.6 Å². The zero-order chi connectivity index (χ0) is 25.6. The van der Waals surface area contributed by atoms with Crippen LogP contribution in [-0.4, -0.2) is 44.0 Å². The van der Waals surface area contributed by atoms with E-state index in [0.717, 1.165) is 51.4 Å². The summed E-state index contributed by atoms with van der Waals surface area (Å²) >= 11 is 36.0. The minimum Gasteiger partial charge on any atom is -0.514 e. The Hall–Kier alpha value is 1.13. The molecule has 0 aliphatic heterocycles. The van der Waals surface area contributed by atoms with Crippen LogP contribution in [-0.2, 0) is 90.5 Å². The van der Waals surface area contributed by atoms with Gasteiger partial charge in [-0.05, 0) is 25.7 Å². The van der Waals surface area contributed by atoms with Crippen LogP contribution in [0.15, 0.2) is 0 Å². The summed E-state index contributed by atoms with van der Waals surface area (Å²) < 4.78 is 20.3. The minimum absolute atomic E-state index is 0. The van der Waals surface area contributed by atoms with Crippen LogP contribution in [0.4, 0.5) is 0 Å². The van der Waals surface area contributed by atoms with Crippen molar-refractivity contribution >= 4 is 117 Å². The molecule has 0 unspecified atom stereocenters. The fourth-order valence-corrected chi connectivity index (χ4v) is 1.87. The predicted octanol–water partition coefficient (Wildman–Crippen LogP) is 6.54. The molecule has 13 heteroatoms. The fourth-order valence-electron chi connectivity index (χ4n) is 1.20. The number of hydrogen-bond donors (Lipinski definition) is 0. The van der Waals surface area contributed by atoms with Crippen LogP contribution in [0.2, 0.25) is 0 Å². The first-order valence-corrected chi connectivity index (χ1v) is 13.7. The first-order valence-electron chi connectivity index (χ1n) is 10.4. The van der Waals surface area contributed by atoms with E-state index in [9.17, 15) is 0 Å². The average molecular weight is 693 g/mol. The zero-order valence-corrected chi connectivity index (χ0v) is 28.3. The van der Waals surface area contributed by atoms with Crippen molar-refractivity contribution in [1.82, 2.24) is 0 Å². The summed E-state index contributed by atoms with van der Waals surface area (Å²) in [6.45, 7) is 11.1. The molecule has 194 valence electrons. The summed E-state index contributed by atoms with van der Waals surface area (Å²) in [4.78, 5) is 0. The van der Waals surface area contributed by atoms with Crippen LogP contribution in [0.3, 0.4) is 0 Å². The standard InChI is InChI=1S/4C5H10OS2.Mo/c4*1-2-3-4-6-5(7)8;/h4*2-4H2,1H3,(H,7,8);/q;;;;+4/p-4. The summed E-state index contributed by atoms with van der Waals surface area (Å²) in [6, 6.07) is 0. The van der Waals surface area contributed by atoms with Crippen LogP contribution >= 0.6 is 48.9 Å². The Labute approximate surface area is 260 Å². The number of unbranched alkanes of at least 4 members (excludes halogenated alkanes) is 4. The Morgan fingerprint density at radius 3 is 0.697 bits per heavy atom. The molecule has 0 atom stereocenters. The average Bonchev–Trinajstić information content (AvgIpc) is 2.69. The largest absolute Gasteiger partial charge is 4.00 e. The second kappa shape index (κ2) is 40.3. The number of thiocarbonyl (C=S) groups is 4. The first-order chi connectivity index (χ1) is 15.1. The first kappa shape index (κ1) is 44.1. The SMILES string of the molecule is CCCCOC(=S)[S-].CCCCOC(=S)[S-].CCCCOC(=S)[S-].CCCCOC(=S)[S-].[Mo+4]. The van der Waals surface area contributed by atoms with Gasteiger partial charge in [-0.15, -0.1) is 0 Å². The van der Waals surface area contributed by atoms with Gasteiger partial charge >= 0.3 is 21.1 Å². The van der Waals surface area contributed by atoms with Gasteiger partial charge in [-0.1, -0.05) is 53.4 Å². The predicted molar refractivity (Wildman–Crippen MR) is 163 cm³/mol. The van der Waals surface area contributed by atoms with E-state index in [4.69, 9.17) is 18.9 Å². The maximum atomic E-state index is 4.83. The minimum atomic E-state index is 0. The van der Waals surface area contributed by atoms with Crippen molar-refractivity contribution in [2.24, 2.45) is 0 Å². The molecule has 0 fully saturated rings. The number of hydrogen-bond acceptors (Lipinski definition) is 12. The molecule has 0 radical (unpaired) electrons. The monoisotopic (exact) mass is 694 g/mol. The molecule has 0 spiro atoms. The van der Waals surface area contributed by atoms with Gasteiger partial charge in [0.25, 0.3) is 0 Å². The molecule has 0 amide bonds. The Balaban J connectivity index is -0.000000105. The Morgan fingerprint density at radius 1 is 0.455 bits per heavy atom. The van der Waals surface area contributed by atoms with E-state index < -0.39 is 0 Å². The van der Waals surface area contributed by atoms with Crippen molar-refractivity contribution in [3.05, 3.63) is 0 Å². The van der Waals surface area contributed by atoms with E-state index in [0.29, 0.717) is 26.4 Å². The van der Waals surface area contributed by atoms with Crippen LogP contribution in [0, 0.1) is 0 Å². The summed E-state index contributed by atoms with van der Waals surface area (Å²) in [5.41, 5.74) is 0. The second-order valence-corrected chi connectivity index (χ2v) is 9.81. The van der Waals surface area contributed by atoms with E-state index in [1.807, 2.05) is 0 Å².